The molecule has 3 amide bonds. The van der Waals surface area contributed by atoms with Crippen molar-refractivity contribution in [3.05, 3.63) is 0 Å². The Morgan fingerprint density at radius 3 is 2.29 bits per heavy atom. The summed E-state index contributed by atoms with van der Waals surface area (Å²) >= 11 is 0. The SMILES string of the molecule is CC(C)CNC(=O)NC(=O)[C@@H](C)N1CC[C@H](C2CCN(C)CC2)C1. The van der Waals surface area contributed by atoms with Gasteiger partial charge in [0.2, 0.25) is 5.91 Å². The number of hydrogen-bond donors (Lipinski definition) is 2. The van der Waals surface area contributed by atoms with E-state index in [-0.39, 0.29) is 18.0 Å². The Labute approximate surface area is 146 Å². The number of piperidine rings is 1. The smallest absolute Gasteiger partial charge is 0.321 e. The van der Waals surface area contributed by atoms with E-state index in [4.69, 9.17) is 0 Å². The minimum absolute atomic E-state index is 0.194. The van der Waals surface area contributed by atoms with Gasteiger partial charge in [0.05, 0.1) is 6.04 Å². The number of likely N-dealkylation sites (tertiary alicyclic amines) is 2. The van der Waals surface area contributed by atoms with Gasteiger partial charge in [-0.05, 0) is 70.6 Å². The number of nitrogens with one attached hydrogen (secondary N) is 2. The minimum Gasteiger partial charge on any atom is -0.338 e. The molecule has 2 N–H and O–H groups in total. The predicted octanol–water partition coefficient (Wildman–Crippen LogP) is 1.52. The zero-order valence-corrected chi connectivity index (χ0v) is 15.7. The third kappa shape index (κ3) is 5.45. The third-order valence-electron chi connectivity index (χ3n) is 5.52. The van der Waals surface area contributed by atoms with Gasteiger partial charge in [-0.3, -0.25) is 15.0 Å². The molecule has 0 aromatic heterocycles. The van der Waals surface area contributed by atoms with E-state index in [1.165, 1.54) is 32.4 Å². The van der Waals surface area contributed by atoms with Crippen LogP contribution in [0.2, 0.25) is 0 Å². The van der Waals surface area contributed by atoms with E-state index in [2.05, 4.69) is 27.5 Å². The number of imide groups is 1. The second-order valence-corrected chi connectivity index (χ2v) is 7.95. The Hall–Kier alpha value is -1.14. The molecule has 138 valence electrons. The molecule has 2 rings (SSSR count). The molecule has 0 unspecified atom stereocenters. The van der Waals surface area contributed by atoms with Crippen LogP contribution in [0.5, 0.6) is 0 Å². The van der Waals surface area contributed by atoms with Crippen LogP contribution in [-0.4, -0.2) is 67.6 Å². The molecule has 2 fully saturated rings. The van der Waals surface area contributed by atoms with Crippen molar-refractivity contribution in [2.24, 2.45) is 17.8 Å². The molecule has 6 heteroatoms. The number of rotatable bonds is 5. The van der Waals surface area contributed by atoms with Gasteiger partial charge in [0.25, 0.3) is 0 Å². The number of amides is 3. The van der Waals surface area contributed by atoms with Crippen LogP contribution in [0.25, 0.3) is 0 Å². The van der Waals surface area contributed by atoms with Crippen molar-refractivity contribution in [3.63, 3.8) is 0 Å². The molecule has 6 nitrogen and oxygen atoms in total. The Balaban J connectivity index is 1.75. The van der Waals surface area contributed by atoms with Crippen LogP contribution < -0.4 is 10.6 Å². The molecule has 0 aromatic carbocycles. The second-order valence-electron chi connectivity index (χ2n) is 7.95. The molecule has 2 saturated heterocycles. The lowest BCUT2D eigenvalue weighted by molar-refractivity contribution is -0.124. The Morgan fingerprint density at radius 2 is 1.67 bits per heavy atom. The quantitative estimate of drug-likeness (QED) is 0.798. The first-order valence-corrected chi connectivity index (χ1v) is 9.38. The first-order valence-electron chi connectivity index (χ1n) is 9.38. The highest BCUT2D eigenvalue weighted by Gasteiger charge is 2.35. The summed E-state index contributed by atoms with van der Waals surface area (Å²) in [4.78, 5) is 28.7. The minimum atomic E-state index is -0.383. The fourth-order valence-corrected chi connectivity index (χ4v) is 3.78. The molecule has 0 aliphatic carbocycles. The molecular formula is C18H34N4O2. The number of carbonyl (C=O) groups excluding carboxylic acids is 2. The Bertz CT molecular complexity index is 433. The second kappa shape index (κ2) is 8.81. The van der Waals surface area contributed by atoms with Crippen LogP contribution in [0.1, 0.15) is 40.0 Å². The number of hydrogen-bond acceptors (Lipinski definition) is 4. The van der Waals surface area contributed by atoms with Gasteiger partial charge in [0, 0.05) is 13.1 Å². The van der Waals surface area contributed by atoms with Gasteiger partial charge in [-0.15, -0.1) is 0 Å². The van der Waals surface area contributed by atoms with Crippen LogP contribution in [0.4, 0.5) is 4.79 Å². The highest BCUT2D eigenvalue weighted by Crippen LogP contribution is 2.32. The first-order chi connectivity index (χ1) is 11.4. The van der Waals surface area contributed by atoms with Crippen molar-refractivity contribution in [1.29, 1.82) is 0 Å². The van der Waals surface area contributed by atoms with Crippen molar-refractivity contribution in [3.8, 4) is 0 Å². The number of carbonyl (C=O) groups is 2. The average Bonchev–Trinajstić information content (AvgIpc) is 3.02. The maximum absolute atomic E-state index is 12.3. The monoisotopic (exact) mass is 338 g/mol. The summed E-state index contributed by atoms with van der Waals surface area (Å²) in [6.07, 6.45) is 3.71. The zero-order valence-electron chi connectivity index (χ0n) is 15.7. The molecule has 2 atom stereocenters. The summed E-state index contributed by atoms with van der Waals surface area (Å²) in [6, 6.07) is -0.627. The fourth-order valence-electron chi connectivity index (χ4n) is 3.78. The maximum Gasteiger partial charge on any atom is 0.321 e. The van der Waals surface area contributed by atoms with Gasteiger partial charge in [-0.1, -0.05) is 13.8 Å². The lowest BCUT2D eigenvalue weighted by atomic mass is 9.84. The van der Waals surface area contributed by atoms with E-state index >= 15 is 0 Å². The summed E-state index contributed by atoms with van der Waals surface area (Å²) < 4.78 is 0. The van der Waals surface area contributed by atoms with E-state index in [0.29, 0.717) is 18.4 Å². The van der Waals surface area contributed by atoms with E-state index in [9.17, 15) is 9.59 Å². The van der Waals surface area contributed by atoms with Crippen molar-refractivity contribution >= 4 is 11.9 Å². The number of nitrogens with zero attached hydrogens (tertiary/aromatic N) is 2. The van der Waals surface area contributed by atoms with E-state index < -0.39 is 0 Å². The van der Waals surface area contributed by atoms with Crippen molar-refractivity contribution in [2.75, 3.05) is 39.8 Å². The summed E-state index contributed by atoms with van der Waals surface area (Å²) in [5, 5.41) is 5.20. The van der Waals surface area contributed by atoms with E-state index in [0.717, 1.165) is 19.0 Å². The summed E-state index contributed by atoms with van der Waals surface area (Å²) in [7, 11) is 2.19. The molecule has 2 heterocycles. The van der Waals surface area contributed by atoms with Crippen LogP contribution in [0.3, 0.4) is 0 Å². The van der Waals surface area contributed by atoms with Crippen LogP contribution in [-0.2, 0) is 4.79 Å². The molecule has 0 saturated carbocycles. The molecule has 0 spiro atoms. The summed E-state index contributed by atoms with van der Waals surface area (Å²) in [5.74, 6) is 1.66. The summed E-state index contributed by atoms with van der Waals surface area (Å²) in [5.41, 5.74) is 0. The zero-order chi connectivity index (χ0) is 17.7. The highest BCUT2D eigenvalue weighted by atomic mass is 16.2. The lowest BCUT2D eigenvalue weighted by Crippen LogP contribution is -2.49. The molecule has 0 bridgehead atoms. The molecular weight excluding hydrogens is 304 g/mol. The normalized spacial score (nSPS) is 25.0. The van der Waals surface area contributed by atoms with Gasteiger partial charge < -0.3 is 10.2 Å². The van der Waals surface area contributed by atoms with Gasteiger partial charge in [-0.2, -0.15) is 0 Å². The van der Waals surface area contributed by atoms with Gasteiger partial charge in [-0.25, -0.2) is 4.79 Å². The molecule has 0 radical (unpaired) electrons. The lowest BCUT2D eigenvalue weighted by Gasteiger charge is -2.33. The Morgan fingerprint density at radius 1 is 1.04 bits per heavy atom. The third-order valence-corrected chi connectivity index (χ3v) is 5.52. The topological polar surface area (TPSA) is 64.7 Å². The van der Waals surface area contributed by atoms with Gasteiger partial charge >= 0.3 is 6.03 Å². The molecule has 2 aliphatic rings. The van der Waals surface area contributed by atoms with Crippen LogP contribution in [0.15, 0.2) is 0 Å². The van der Waals surface area contributed by atoms with Gasteiger partial charge in [0.15, 0.2) is 0 Å². The first kappa shape index (κ1) is 19.2. The van der Waals surface area contributed by atoms with Crippen molar-refractivity contribution in [2.45, 2.75) is 46.1 Å². The van der Waals surface area contributed by atoms with Crippen molar-refractivity contribution in [1.82, 2.24) is 20.4 Å². The van der Waals surface area contributed by atoms with Crippen LogP contribution >= 0.6 is 0 Å². The largest absolute Gasteiger partial charge is 0.338 e. The average molecular weight is 338 g/mol. The molecule has 0 aromatic rings. The van der Waals surface area contributed by atoms with E-state index in [1.54, 1.807) is 0 Å². The van der Waals surface area contributed by atoms with Crippen LogP contribution in [0, 0.1) is 17.8 Å². The number of urea groups is 1. The Kier molecular flexibility index (Phi) is 7.04. The predicted molar refractivity (Wildman–Crippen MR) is 95.7 cm³/mol. The maximum atomic E-state index is 12.3. The van der Waals surface area contributed by atoms with Gasteiger partial charge in [0.1, 0.15) is 0 Å². The molecule has 24 heavy (non-hydrogen) atoms. The van der Waals surface area contributed by atoms with E-state index in [1.807, 2.05) is 20.8 Å². The highest BCUT2D eigenvalue weighted by molar-refractivity contribution is 5.96. The standard InChI is InChI=1S/C18H34N4O2/c1-13(2)11-19-18(24)20-17(23)14(3)22-10-7-16(12-22)15-5-8-21(4)9-6-15/h13-16H,5-12H2,1-4H3,(H2,19,20,23,24)/t14-,16+/m1/s1. The fraction of sp³-hybridized carbons (Fsp3) is 0.889. The van der Waals surface area contributed by atoms with Crippen molar-refractivity contribution < 1.29 is 9.59 Å². The summed E-state index contributed by atoms with van der Waals surface area (Å²) in [6.45, 7) is 10.9. The molecule has 2 aliphatic heterocycles.